The molecule has 0 fully saturated rings. The lowest BCUT2D eigenvalue weighted by molar-refractivity contribution is 0.0696. The Hall–Kier alpha value is -1.23. The summed E-state index contributed by atoms with van der Waals surface area (Å²) in [6.07, 6.45) is 1.30. The Kier molecular flexibility index (Phi) is 4.81. The second-order valence-electron chi connectivity index (χ2n) is 4.32. The van der Waals surface area contributed by atoms with Gasteiger partial charge in [-0.15, -0.1) is 0 Å². The Bertz CT molecular complexity index is 414. The summed E-state index contributed by atoms with van der Waals surface area (Å²) in [5.74, 6) is -0.269. The zero-order valence-corrected chi connectivity index (χ0v) is 11.0. The summed E-state index contributed by atoms with van der Waals surface area (Å²) in [7, 11) is -0.973. The Morgan fingerprint density at radius 2 is 2.06 bits per heavy atom. The van der Waals surface area contributed by atoms with Gasteiger partial charge in [-0.1, -0.05) is 20.8 Å². The van der Waals surface area contributed by atoms with Gasteiger partial charge in [0, 0.05) is 22.2 Å². The van der Waals surface area contributed by atoms with Crippen molar-refractivity contribution < 1.29 is 14.1 Å². The molecule has 1 rings (SSSR count). The molecule has 5 heteroatoms. The van der Waals surface area contributed by atoms with Crippen molar-refractivity contribution in [3.05, 3.63) is 29.6 Å². The van der Waals surface area contributed by atoms with E-state index in [1.165, 1.54) is 12.3 Å². The van der Waals surface area contributed by atoms with E-state index >= 15 is 0 Å². The summed E-state index contributed by atoms with van der Waals surface area (Å²) in [4.78, 5) is 14.6. The predicted molar refractivity (Wildman–Crippen MR) is 67.3 cm³/mol. The van der Waals surface area contributed by atoms with Gasteiger partial charge >= 0.3 is 5.97 Å². The molecule has 1 heterocycles. The van der Waals surface area contributed by atoms with Crippen molar-refractivity contribution in [2.24, 2.45) is 5.92 Å². The van der Waals surface area contributed by atoms with Crippen molar-refractivity contribution in [3.63, 3.8) is 0 Å². The number of hydrogen-bond donors (Lipinski definition) is 1. The summed E-state index contributed by atoms with van der Waals surface area (Å²) >= 11 is 0. The minimum Gasteiger partial charge on any atom is -0.478 e. The van der Waals surface area contributed by atoms with Crippen LogP contribution in [-0.4, -0.2) is 25.5 Å². The van der Waals surface area contributed by atoms with Crippen LogP contribution in [0.25, 0.3) is 0 Å². The van der Waals surface area contributed by atoms with Crippen LogP contribution in [0.3, 0.4) is 0 Å². The van der Waals surface area contributed by atoms with Crippen LogP contribution < -0.4 is 0 Å². The number of nitrogens with zero attached hydrogens (tertiary/aromatic N) is 1. The highest BCUT2D eigenvalue weighted by Gasteiger charge is 2.16. The summed E-state index contributed by atoms with van der Waals surface area (Å²) < 4.78 is 11.9. The molecule has 0 saturated heterocycles. The Balaban J connectivity index is 2.70. The normalized spacial score (nSPS) is 14.6. The maximum absolute atomic E-state index is 11.9. The topological polar surface area (TPSA) is 67.3 Å². The van der Waals surface area contributed by atoms with Crippen LogP contribution in [0, 0.1) is 5.92 Å². The maximum Gasteiger partial charge on any atom is 0.337 e. The molecular formula is C12H17NO3S. The van der Waals surface area contributed by atoms with Crippen LogP contribution in [0.2, 0.25) is 0 Å². The molecule has 1 aromatic heterocycles. The molecule has 0 amide bonds. The third-order valence-electron chi connectivity index (χ3n) is 2.72. The minimum absolute atomic E-state index is 0.107. The molecular weight excluding hydrogens is 238 g/mol. The largest absolute Gasteiger partial charge is 0.478 e. The van der Waals surface area contributed by atoms with Gasteiger partial charge in [-0.2, -0.15) is 0 Å². The Morgan fingerprint density at radius 3 is 2.47 bits per heavy atom. The SMILES string of the molecule is CC(C)C(C)S(=O)Cc1ccc(C(=O)O)cn1. The number of pyridine rings is 1. The van der Waals surface area contributed by atoms with Crippen molar-refractivity contribution in [2.45, 2.75) is 31.8 Å². The third kappa shape index (κ3) is 3.93. The van der Waals surface area contributed by atoms with Gasteiger partial charge in [0.2, 0.25) is 0 Å². The van der Waals surface area contributed by atoms with Crippen LogP contribution >= 0.6 is 0 Å². The molecule has 0 aliphatic heterocycles. The average molecular weight is 255 g/mol. The summed E-state index contributed by atoms with van der Waals surface area (Å²) in [6, 6.07) is 3.11. The first-order valence-electron chi connectivity index (χ1n) is 5.47. The van der Waals surface area contributed by atoms with Gasteiger partial charge in [0.25, 0.3) is 0 Å². The standard InChI is InChI=1S/C12H17NO3S/c1-8(2)9(3)17(16)7-11-5-4-10(6-13-11)12(14)15/h4-6,8-9H,7H2,1-3H3,(H,14,15). The van der Waals surface area contributed by atoms with Gasteiger partial charge in [-0.25, -0.2) is 4.79 Å². The van der Waals surface area contributed by atoms with Crippen LogP contribution in [-0.2, 0) is 16.6 Å². The Morgan fingerprint density at radius 1 is 1.41 bits per heavy atom. The number of carboxylic acids is 1. The molecule has 0 aliphatic carbocycles. The molecule has 0 aromatic carbocycles. The van der Waals surface area contributed by atoms with E-state index in [4.69, 9.17) is 5.11 Å². The lowest BCUT2D eigenvalue weighted by Crippen LogP contribution is -2.19. The molecule has 0 aliphatic rings. The number of hydrogen-bond acceptors (Lipinski definition) is 3. The first-order valence-corrected chi connectivity index (χ1v) is 6.85. The fourth-order valence-corrected chi connectivity index (χ4v) is 2.55. The number of aromatic nitrogens is 1. The first kappa shape index (κ1) is 13.8. The summed E-state index contributed by atoms with van der Waals surface area (Å²) in [6.45, 7) is 6.01. The zero-order valence-electron chi connectivity index (χ0n) is 10.2. The van der Waals surface area contributed by atoms with E-state index in [1.807, 2.05) is 20.8 Å². The summed E-state index contributed by atoms with van der Waals surface area (Å²) in [5.41, 5.74) is 0.817. The number of carbonyl (C=O) groups is 1. The highest BCUT2D eigenvalue weighted by molar-refractivity contribution is 7.84. The lowest BCUT2D eigenvalue weighted by Gasteiger charge is -2.14. The van der Waals surface area contributed by atoms with Crippen LogP contribution in [0.1, 0.15) is 36.8 Å². The second kappa shape index (κ2) is 5.91. The van der Waals surface area contributed by atoms with Crippen LogP contribution in [0.4, 0.5) is 0 Å². The van der Waals surface area contributed by atoms with Crippen LogP contribution in [0.15, 0.2) is 18.3 Å². The number of carboxylic acid groups (broad SMARTS) is 1. The number of aromatic carboxylic acids is 1. The Labute approximate surface area is 104 Å². The van der Waals surface area contributed by atoms with E-state index in [0.717, 1.165) is 0 Å². The average Bonchev–Trinajstić information content (AvgIpc) is 2.28. The molecule has 0 bridgehead atoms. The van der Waals surface area contributed by atoms with Gasteiger partial charge in [0.05, 0.1) is 17.0 Å². The van der Waals surface area contributed by atoms with Crippen molar-refractivity contribution >= 4 is 16.8 Å². The highest BCUT2D eigenvalue weighted by atomic mass is 32.2. The monoisotopic (exact) mass is 255 g/mol. The number of rotatable bonds is 5. The predicted octanol–water partition coefficient (Wildman–Crippen LogP) is 2.07. The third-order valence-corrected chi connectivity index (χ3v) is 4.67. The molecule has 1 aromatic rings. The molecule has 0 spiro atoms. The highest BCUT2D eigenvalue weighted by Crippen LogP contribution is 2.12. The van der Waals surface area contributed by atoms with Crippen molar-refractivity contribution in [3.8, 4) is 0 Å². The second-order valence-corrected chi connectivity index (χ2v) is 6.11. The molecule has 2 atom stereocenters. The van der Waals surface area contributed by atoms with Gasteiger partial charge < -0.3 is 5.11 Å². The molecule has 2 unspecified atom stereocenters. The van der Waals surface area contributed by atoms with Crippen molar-refractivity contribution in [1.29, 1.82) is 0 Å². The molecule has 94 valence electrons. The van der Waals surface area contributed by atoms with E-state index in [2.05, 4.69) is 4.98 Å². The molecule has 17 heavy (non-hydrogen) atoms. The minimum atomic E-state index is -0.999. The van der Waals surface area contributed by atoms with Gasteiger partial charge in [-0.3, -0.25) is 9.19 Å². The van der Waals surface area contributed by atoms with Gasteiger partial charge in [0.15, 0.2) is 0 Å². The maximum atomic E-state index is 11.9. The summed E-state index contributed by atoms with van der Waals surface area (Å²) in [5, 5.41) is 8.83. The first-order chi connectivity index (χ1) is 7.91. The fourth-order valence-electron chi connectivity index (χ4n) is 1.22. The molecule has 0 saturated carbocycles. The zero-order chi connectivity index (χ0) is 13.0. The molecule has 1 N–H and O–H groups in total. The molecule has 0 radical (unpaired) electrons. The quantitative estimate of drug-likeness (QED) is 0.874. The smallest absolute Gasteiger partial charge is 0.337 e. The van der Waals surface area contributed by atoms with E-state index in [0.29, 0.717) is 17.4 Å². The van der Waals surface area contributed by atoms with E-state index in [1.54, 1.807) is 6.07 Å². The van der Waals surface area contributed by atoms with Crippen molar-refractivity contribution in [2.75, 3.05) is 0 Å². The van der Waals surface area contributed by atoms with E-state index in [-0.39, 0.29) is 10.8 Å². The van der Waals surface area contributed by atoms with Crippen molar-refractivity contribution in [1.82, 2.24) is 4.98 Å². The molecule has 4 nitrogen and oxygen atoms in total. The van der Waals surface area contributed by atoms with E-state index in [9.17, 15) is 9.00 Å². The van der Waals surface area contributed by atoms with Crippen LogP contribution in [0.5, 0.6) is 0 Å². The van der Waals surface area contributed by atoms with Gasteiger partial charge in [0.1, 0.15) is 0 Å². The van der Waals surface area contributed by atoms with Gasteiger partial charge in [-0.05, 0) is 18.1 Å². The lowest BCUT2D eigenvalue weighted by atomic mass is 10.2. The van der Waals surface area contributed by atoms with E-state index < -0.39 is 16.8 Å². The fraction of sp³-hybridized carbons (Fsp3) is 0.500.